The van der Waals surface area contributed by atoms with Crippen molar-refractivity contribution in [2.45, 2.75) is 30.8 Å². The lowest BCUT2D eigenvalue weighted by Gasteiger charge is -2.13. The average molecular weight is 304 g/mol. The molecule has 0 saturated heterocycles. The zero-order valence-corrected chi connectivity index (χ0v) is 12.4. The highest BCUT2D eigenvalue weighted by Crippen LogP contribution is 2.31. The number of aryl methyl sites for hydroxylation is 1. The first-order chi connectivity index (χ1) is 9.93. The summed E-state index contributed by atoms with van der Waals surface area (Å²) in [7, 11) is -4.21. The second-order valence-corrected chi connectivity index (χ2v) is 6.73. The molecule has 0 fully saturated rings. The number of rotatable bonds is 3. The third-order valence-electron chi connectivity index (χ3n) is 3.66. The minimum atomic E-state index is -4.21. The van der Waals surface area contributed by atoms with E-state index in [1.807, 2.05) is 31.2 Å². The van der Waals surface area contributed by atoms with E-state index in [1.165, 1.54) is 6.07 Å². The molecule has 0 saturated carbocycles. The summed E-state index contributed by atoms with van der Waals surface area (Å²) in [6, 6.07) is 12.7. The van der Waals surface area contributed by atoms with Gasteiger partial charge in [-0.05, 0) is 30.2 Å². The molecule has 0 bridgehead atoms. The third-order valence-corrected chi connectivity index (χ3v) is 4.61. The van der Waals surface area contributed by atoms with Crippen molar-refractivity contribution in [2.24, 2.45) is 0 Å². The van der Waals surface area contributed by atoms with E-state index in [1.54, 1.807) is 12.1 Å². The molecule has 5 heteroatoms. The second-order valence-electron chi connectivity index (χ2n) is 5.34. The predicted molar refractivity (Wildman–Crippen MR) is 79.3 cm³/mol. The lowest BCUT2D eigenvalue weighted by Crippen LogP contribution is -2.18. The minimum Gasteiger partial charge on any atom is -0.489 e. The van der Waals surface area contributed by atoms with Crippen LogP contribution in [0.1, 0.15) is 16.7 Å². The Bertz CT molecular complexity index is 756. The maximum atomic E-state index is 11.5. The van der Waals surface area contributed by atoms with Crippen molar-refractivity contribution in [2.75, 3.05) is 0 Å². The Kier molecular flexibility index (Phi) is 3.47. The molecule has 0 aliphatic carbocycles. The summed E-state index contributed by atoms with van der Waals surface area (Å²) in [6.45, 7) is 1.89. The van der Waals surface area contributed by atoms with Crippen LogP contribution < -0.4 is 4.74 Å². The molecule has 21 heavy (non-hydrogen) atoms. The summed E-state index contributed by atoms with van der Waals surface area (Å²) in [6.07, 6.45) is 1.09. The second kappa shape index (κ2) is 5.16. The van der Waals surface area contributed by atoms with Crippen LogP contribution in [0.3, 0.4) is 0 Å². The normalized spacial score (nSPS) is 17.3. The van der Waals surface area contributed by atoms with Crippen LogP contribution in [0.2, 0.25) is 0 Å². The molecular weight excluding hydrogens is 288 g/mol. The fourth-order valence-electron chi connectivity index (χ4n) is 2.73. The topological polar surface area (TPSA) is 63.6 Å². The Morgan fingerprint density at radius 1 is 1.24 bits per heavy atom. The summed E-state index contributed by atoms with van der Waals surface area (Å²) in [5.41, 5.74) is 2.67. The van der Waals surface area contributed by atoms with Crippen LogP contribution in [0.25, 0.3) is 0 Å². The van der Waals surface area contributed by atoms with Gasteiger partial charge in [-0.2, -0.15) is 8.42 Å². The zero-order chi connectivity index (χ0) is 15.0. The summed E-state index contributed by atoms with van der Waals surface area (Å²) >= 11 is 0. The highest BCUT2D eigenvalue weighted by molar-refractivity contribution is 7.85. The van der Waals surface area contributed by atoms with Crippen molar-refractivity contribution in [3.05, 3.63) is 59.2 Å². The molecule has 0 aromatic heterocycles. The van der Waals surface area contributed by atoms with Crippen LogP contribution in [0, 0.1) is 6.92 Å². The third kappa shape index (κ3) is 2.94. The minimum absolute atomic E-state index is 0.0346. The average Bonchev–Trinajstić information content (AvgIpc) is 2.79. The maximum absolute atomic E-state index is 11.5. The highest BCUT2D eigenvalue weighted by atomic mass is 32.2. The quantitative estimate of drug-likeness (QED) is 0.886. The number of fused-ring (bicyclic) bond motifs is 1. The fraction of sp³-hybridized carbons (Fsp3) is 0.250. The van der Waals surface area contributed by atoms with Crippen molar-refractivity contribution < 1.29 is 17.7 Å². The van der Waals surface area contributed by atoms with Gasteiger partial charge < -0.3 is 4.74 Å². The molecule has 3 rings (SSSR count). The van der Waals surface area contributed by atoms with Crippen molar-refractivity contribution in [1.82, 2.24) is 0 Å². The first-order valence-electron chi connectivity index (χ1n) is 6.75. The van der Waals surface area contributed by atoms with Gasteiger partial charge in [-0.3, -0.25) is 4.55 Å². The monoisotopic (exact) mass is 304 g/mol. The van der Waals surface area contributed by atoms with Gasteiger partial charge >= 0.3 is 0 Å². The number of hydrogen-bond donors (Lipinski definition) is 1. The van der Waals surface area contributed by atoms with Crippen molar-refractivity contribution in [3.63, 3.8) is 0 Å². The molecule has 0 radical (unpaired) electrons. The van der Waals surface area contributed by atoms with E-state index >= 15 is 0 Å². The molecule has 0 spiro atoms. The Hall–Kier alpha value is -1.85. The molecule has 2 aromatic rings. The molecule has 2 aromatic carbocycles. The lowest BCUT2D eigenvalue weighted by atomic mass is 10.0. The molecule has 4 nitrogen and oxygen atoms in total. The van der Waals surface area contributed by atoms with E-state index in [-0.39, 0.29) is 11.0 Å². The molecule has 1 atom stereocenters. The Morgan fingerprint density at radius 2 is 2.00 bits per heavy atom. The van der Waals surface area contributed by atoms with Crippen molar-refractivity contribution >= 4 is 10.1 Å². The Labute approximate surface area is 124 Å². The first-order valence-corrected chi connectivity index (χ1v) is 8.19. The van der Waals surface area contributed by atoms with E-state index < -0.39 is 10.1 Å². The van der Waals surface area contributed by atoms with Gasteiger partial charge in [-0.25, -0.2) is 0 Å². The van der Waals surface area contributed by atoms with E-state index in [4.69, 9.17) is 4.74 Å². The summed E-state index contributed by atoms with van der Waals surface area (Å²) in [4.78, 5) is -0.0346. The van der Waals surface area contributed by atoms with Crippen molar-refractivity contribution in [1.29, 1.82) is 0 Å². The molecule has 0 amide bonds. The van der Waals surface area contributed by atoms with Gasteiger partial charge in [0.15, 0.2) is 0 Å². The van der Waals surface area contributed by atoms with Gasteiger partial charge in [0.25, 0.3) is 10.1 Å². The summed E-state index contributed by atoms with van der Waals surface area (Å²) < 4.78 is 38.1. The van der Waals surface area contributed by atoms with Crippen LogP contribution >= 0.6 is 0 Å². The fourth-order valence-corrected chi connectivity index (χ4v) is 3.45. The molecule has 1 N–H and O–H groups in total. The number of hydrogen-bond acceptors (Lipinski definition) is 3. The van der Waals surface area contributed by atoms with E-state index in [0.717, 1.165) is 23.3 Å². The summed E-state index contributed by atoms with van der Waals surface area (Å²) in [5, 5.41) is 0. The Balaban J connectivity index is 1.88. The zero-order valence-electron chi connectivity index (χ0n) is 11.6. The van der Waals surface area contributed by atoms with E-state index in [0.29, 0.717) is 12.0 Å². The van der Waals surface area contributed by atoms with Crippen LogP contribution in [0.15, 0.2) is 47.4 Å². The molecule has 1 aliphatic rings. The number of para-hydroxylation sites is 1. The van der Waals surface area contributed by atoms with Gasteiger partial charge in [0.05, 0.1) is 4.90 Å². The molecule has 1 aliphatic heterocycles. The molecular formula is C16H16O4S. The van der Waals surface area contributed by atoms with Crippen LogP contribution in [0.5, 0.6) is 5.75 Å². The highest BCUT2D eigenvalue weighted by Gasteiger charge is 2.25. The number of benzene rings is 2. The standard InChI is InChI=1S/C16H16O4S/c1-11-6-7-16(21(17,18)19)13(8-11)10-14-9-12-4-2-3-5-15(12)20-14/h2-8,14H,9-10H2,1H3,(H,17,18,19). The van der Waals surface area contributed by atoms with Gasteiger partial charge in [-0.1, -0.05) is 35.9 Å². The Morgan fingerprint density at radius 3 is 2.71 bits per heavy atom. The van der Waals surface area contributed by atoms with Gasteiger partial charge in [0, 0.05) is 12.8 Å². The predicted octanol–water partition coefficient (Wildman–Crippen LogP) is 2.79. The number of ether oxygens (including phenoxy) is 1. The van der Waals surface area contributed by atoms with Crippen LogP contribution in [-0.4, -0.2) is 19.1 Å². The first kappa shape index (κ1) is 14.1. The molecule has 1 heterocycles. The SMILES string of the molecule is Cc1ccc(S(=O)(=O)O)c(CC2Cc3ccccc3O2)c1. The van der Waals surface area contributed by atoms with E-state index in [2.05, 4.69) is 0 Å². The van der Waals surface area contributed by atoms with Crippen LogP contribution in [0.4, 0.5) is 0 Å². The van der Waals surface area contributed by atoms with Gasteiger partial charge in [-0.15, -0.1) is 0 Å². The smallest absolute Gasteiger partial charge is 0.294 e. The largest absolute Gasteiger partial charge is 0.489 e. The van der Waals surface area contributed by atoms with E-state index in [9.17, 15) is 13.0 Å². The van der Waals surface area contributed by atoms with Gasteiger partial charge in [0.1, 0.15) is 11.9 Å². The van der Waals surface area contributed by atoms with Gasteiger partial charge in [0.2, 0.25) is 0 Å². The maximum Gasteiger partial charge on any atom is 0.294 e. The molecule has 1 unspecified atom stereocenters. The molecule has 110 valence electrons. The van der Waals surface area contributed by atoms with Crippen LogP contribution in [-0.2, 0) is 23.0 Å². The summed E-state index contributed by atoms with van der Waals surface area (Å²) in [5.74, 6) is 0.851. The van der Waals surface area contributed by atoms with Crippen molar-refractivity contribution in [3.8, 4) is 5.75 Å². The lowest BCUT2D eigenvalue weighted by molar-refractivity contribution is 0.232.